The van der Waals surface area contributed by atoms with E-state index in [1.807, 2.05) is 0 Å². The van der Waals surface area contributed by atoms with E-state index < -0.39 is 0 Å². The maximum absolute atomic E-state index is 5.71. The van der Waals surface area contributed by atoms with Crippen LogP contribution in [0.5, 0.6) is 0 Å². The lowest BCUT2D eigenvalue weighted by Gasteiger charge is -2.26. The molecule has 0 aliphatic carbocycles. The molecule has 0 rings (SSSR count). The smallest absolute Gasteiger partial charge is 0.0624 e. The van der Waals surface area contributed by atoms with Crippen molar-refractivity contribution in [1.29, 1.82) is 0 Å². The molecule has 1 N–H and O–H groups in total. The van der Waals surface area contributed by atoms with E-state index in [4.69, 9.17) is 4.74 Å². The average molecular weight is 187 g/mol. The van der Waals surface area contributed by atoms with E-state index >= 15 is 0 Å². The average Bonchev–Trinajstić information content (AvgIpc) is 1.97. The maximum atomic E-state index is 5.71. The van der Waals surface area contributed by atoms with Gasteiger partial charge in [0.05, 0.1) is 12.2 Å². The van der Waals surface area contributed by atoms with Crippen LogP contribution >= 0.6 is 0 Å². The van der Waals surface area contributed by atoms with Crippen molar-refractivity contribution in [2.45, 2.75) is 59.1 Å². The van der Waals surface area contributed by atoms with Gasteiger partial charge in [0.2, 0.25) is 0 Å². The number of hydrogen-bond acceptors (Lipinski definition) is 2. The van der Waals surface area contributed by atoms with E-state index in [-0.39, 0.29) is 11.1 Å². The Labute approximate surface area is 83.1 Å². The van der Waals surface area contributed by atoms with Crippen molar-refractivity contribution >= 4 is 0 Å². The van der Waals surface area contributed by atoms with Crippen LogP contribution in [0.1, 0.15) is 48.0 Å². The number of hydrogen-bond donors (Lipinski definition) is 1. The molecule has 0 radical (unpaired) electrons. The Balaban J connectivity index is 3.47. The fraction of sp³-hybridized carbons (Fsp3) is 1.00. The van der Waals surface area contributed by atoms with Gasteiger partial charge in [-0.1, -0.05) is 6.92 Å². The summed E-state index contributed by atoms with van der Waals surface area (Å²) in [5.74, 6) is 0. The summed E-state index contributed by atoms with van der Waals surface area (Å²) in [5.41, 5.74) is 0.222. The molecular weight excluding hydrogens is 162 g/mol. The fourth-order valence-corrected chi connectivity index (χ4v) is 0.855. The van der Waals surface area contributed by atoms with Crippen LogP contribution in [0.4, 0.5) is 0 Å². The highest BCUT2D eigenvalue weighted by Gasteiger charge is 2.15. The number of rotatable bonds is 5. The first-order valence-electron chi connectivity index (χ1n) is 5.16. The minimum Gasteiger partial charge on any atom is -0.374 e. The molecule has 0 heterocycles. The van der Waals surface area contributed by atoms with Crippen molar-refractivity contribution in [3.63, 3.8) is 0 Å². The quantitative estimate of drug-likeness (QED) is 0.668. The van der Waals surface area contributed by atoms with Gasteiger partial charge in [0.25, 0.3) is 0 Å². The first kappa shape index (κ1) is 12.9. The van der Waals surface area contributed by atoms with E-state index in [1.54, 1.807) is 0 Å². The molecule has 2 nitrogen and oxygen atoms in total. The summed E-state index contributed by atoms with van der Waals surface area (Å²) in [4.78, 5) is 0. The second kappa shape index (κ2) is 4.97. The lowest BCUT2D eigenvalue weighted by atomic mass is 10.1. The first-order valence-corrected chi connectivity index (χ1v) is 5.16. The summed E-state index contributed by atoms with van der Waals surface area (Å²) in [5, 5.41) is 3.39. The van der Waals surface area contributed by atoms with Gasteiger partial charge in [-0.15, -0.1) is 0 Å². The van der Waals surface area contributed by atoms with Gasteiger partial charge >= 0.3 is 0 Å². The van der Waals surface area contributed by atoms with Crippen molar-refractivity contribution in [1.82, 2.24) is 5.32 Å². The Morgan fingerprint density at radius 3 is 2.00 bits per heavy atom. The Morgan fingerprint density at radius 1 is 1.08 bits per heavy atom. The van der Waals surface area contributed by atoms with E-state index in [1.165, 1.54) is 0 Å². The Bertz CT molecular complexity index is 136. The first-order chi connectivity index (χ1) is 5.77. The van der Waals surface area contributed by atoms with Crippen molar-refractivity contribution in [2.24, 2.45) is 0 Å². The van der Waals surface area contributed by atoms with Gasteiger partial charge in [-0.05, 0) is 41.0 Å². The molecule has 0 aliphatic heterocycles. The third kappa shape index (κ3) is 8.26. The van der Waals surface area contributed by atoms with E-state index in [0.29, 0.717) is 0 Å². The Morgan fingerprint density at radius 2 is 1.62 bits per heavy atom. The molecule has 0 bridgehead atoms. The molecule has 13 heavy (non-hydrogen) atoms. The molecule has 0 aromatic heterocycles. The third-order valence-corrected chi connectivity index (χ3v) is 2.10. The summed E-state index contributed by atoms with van der Waals surface area (Å²) in [7, 11) is 0. The topological polar surface area (TPSA) is 21.3 Å². The molecule has 0 spiro atoms. The Hall–Kier alpha value is -0.0800. The minimum atomic E-state index is 0.0273. The normalized spacial score (nSPS) is 13.4. The number of ether oxygens (including phenoxy) is 1. The maximum Gasteiger partial charge on any atom is 0.0624 e. The number of nitrogens with one attached hydrogen (secondary N) is 1. The molecule has 0 fully saturated rings. The van der Waals surface area contributed by atoms with Gasteiger partial charge in [-0.2, -0.15) is 0 Å². The lowest BCUT2D eigenvalue weighted by Crippen LogP contribution is -2.39. The lowest BCUT2D eigenvalue weighted by molar-refractivity contribution is -0.0195. The van der Waals surface area contributed by atoms with E-state index in [2.05, 4.69) is 46.9 Å². The minimum absolute atomic E-state index is 0.0273. The van der Waals surface area contributed by atoms with Crippen LogP contribution in [0.2, 0.25) is 0 Å². The second-order valence-corrected chi connectivity index (χ2v) is 5.14. The van der Waals surface area contributed by atoms with Crippen LogP contribution in [0.3, 0.4) is 0 Å². The zero-order valence-electron chi connectivity index (χ0n) is 10.0. The van der Waals surface area contributed by atoms with Crippen molar-refractivity contribution < 1.29 is 4.74 Å². The van der Waals surface area contributed by atoms with Crippen molar-refractivity contribution in [3.05, 3.63) is 0 Å². The molecule has 0 aromatic carbocycles. The molecule has 0 aliphatic rings. The highest BCUT2D eigenvalue weighted by atomic mass is 16.5. The van der Waals surface area contributed by atoms with Gasteiger partial charge in [-0.3, -0.25) is 0 Å². The summed E-state index contributed by atoms with van der Waals surface area (Å²) < 4.78 is 5.71. The predicted octanol–water partition coefficient (Wildman–Crippen LogP) is 2.58. The molecule has 0 saturated heterocycles. The zero-order valence-corrected chi connectivity index (χ0v) is 10.0. The summed E-state index contributed by atoms with van der Waals surface area (Å²) in [6.07, 6.45) is 1.06. The highest BCUT2D eigenvalue weighted by molar-refractivity contribution is 4.70. The molecule has 0 unspecified atom stereocenters. The van der Waals surface area contributed by atoms with Crippen molar-refractivity contribution in [2.75, 3.05) is 13.2 Å². The summed E-state index contributed by atoms with van der Waals surface area (Å²) >= 11 is 0. The van der Waals surface area contributed by atoms with Gasteiger partial charge in [0, 0.05) is 12.1 Å². The fourth-order valence-electron chi connectivity index (χ4n) is 0.855. The molecular formula is C11H25NO. The molecule has 0 amide bonds. The molecule has 0 aromatic rings. The van der Waals surface area contributed by atoms with Gasteiger partial charge in [-0.25, -0.2) is 0 Å². The van der Waals surface area contributed by atoms with Gasteiger partial charge in [0.15, 0.2) is 0 Å². The molecule has 0 saturated carbocycles. The van der Waals surface area contributed by atoms with Gasteiger partial charge in [0.1, 0.15) is 0 Å². The third-order valence-electron chi connectivity index (χ3n) is 2.10. The highest BCUT2D eigenvalue weighted by Crippen LogP contribution is 2.12. The molecule has 80 valence electrons. The zero-order chi connectivity index (χ0) is 10.5. The summed E-state index contributed by atoms with van der Waals surface area (Å²) in [6, 6.07) is 0. The van der Waals surface area contributed by atoms with Crippen LogP contribution in [0, 0.1) is 0 Å². The standard InChI is InChI=1S/C11H25NO/c1-7-11(5,6)13-9-8-12-10(2,3)4/h12H,7-9H2,1-6H3. The second-order valence-electron chi connectivity index (χ2n) is 5.14. The van der Waals surface area contributed by atoms with Crippen LogP contribution in [-0.2, 0) is 4.74 Å². The Kier molecular flexibility index (Phi) is 4.93. The predicted molar refractivity (Wildman–Crippen MR) is 58.1 cm³/mol. The van der Waals surface area contributed by atoms with E-state index in [0.717, 1.165) is 19.6 Å². The van der Waals surface area contributed by atoms with Crippen molar-refractivity contribution in [3.8, 4) is 0 Å². The van der Waals surface area contributed by atoms with Gasteiger partial charge < -0.3 is 10.1 Å². The summed E-state index contributed by atoms with van der Waals surface area (Å²) in [6.45, 7) is 14.6. The SMILES string of the molecule is CCC(C)(C)OCCNC(C)(C)C. The molecule has 0 atom stereocenters. The van der Waals surface area contributed by atoms with E-state index in [9.17, 15) is 0 Å². The van der Waals surface area contributed by atoms with Crippen LogP contribution in [0.15, 0.2) is 0 Å². The molecule has 2 heteroatoms. The van der Waals surface area contributed by atoms with Crippen LogP contribution in [0.25, 0.3) is 0 Å². The largest absolute Gasteiger partial charge is 0.374 e. The van der Waals surface area contributed by atoms with Crippen LogP contribution < -0.4 is 5.32 Å². The van der Waals surface area contributed by atoms with Crippen LogP contribution in [-0.4, -0.2) is 24.3 Å². The monoisotopic (exact) mass is 187 g/mol.